The fourth-order valence-electron chi connectivity index (χ4n) is 2.77. The lowest BCUT2D eigenvalue weighted by atomic mass is 9.80. The molecule has 0 aromatic heterocycles. The Morgan fingerprint density at radius 3 is 2.52 bits per heavy atom. The molecule has 21 heavy (non-hydrogen) atoms. The van der Waals surface area contributed by atoms with Crippen molar-refractivity contribution in [3.05, 3.63) is 48.2 Å². The molecule has 0 spiro atoms. The molecule has 0 radical (unpaired) electrons. The maximum absolute atomic E-state index is 12.6. The molecule has 1 amide bonds. The molecule has 1 unspecified atom stereocenters. The van der Waals surface area contributed by atoms with Crippen molar-refractivity contribution < 1.29 is 14.3 Å². The van der Waals surface area contributed by atoms with Gasteiger partial charge in [-0.3, -0.25) is 9.59 Å². The van der Waals surface area contributed by atoms with Gasteiger partial charge < -0.3 is 9.64 Å². The van der Waals surface area contributed by atoms with Gasteiger partial charge in [-0.25, -0.2) is 0 Å². The van der Waals surface area contributed by atoms with E-state index in [0.29, 0.717) is 18.8 Å². The average Bonchev–Trinajstić information content (AvgIpc) is 2.60. The van der Waals surface area contributed by atoms with Gasteiger partial charge in [-0.05, 0) is 26.3 Å². The summed E-state index contributed by atoms with van der Waals surface area (Å²) in [5, 5.41) is 0. The van der Waals surface area contributed by atoms with Crippen LogP contribution in [-0.4, -0.2) is 23.4 Å². The lowest BCUT2D eigenvalue weighted by Crippen LogP contribution is -2.34. The molecule has 2 rings (SSSR count). The smallest absolute Gasteiger partial charge is 0.316 e. The highest BCUT2D eigenvalue weighted by Crippen LogP contribution is 2.44. The fraction of sp³-hybridized carbons (Fsp3) is 0.412. The van der Waals surface area contributed by atoms with Gasteiger partial charge in [-0.1, -0.05) is 36.9 Å². The van der Waals surface area contributed by atoms with Crippen molar-refractivity contribution in [1.82, 2.24) is 4.90 Å². The van der Waals surface area contributed by atoms with Crippen LogP contribution < -0.4 is 0 Å². The third-order valence-electron chi connectivity index (χ3n) is 3.90. The third-order valence-corrected chi connectivity index (χ3v) is 3.90. The molecule has 1 aliphatic heterocycles. The van der Waals surface area contributed by atoms with E-state index < -0.39 is 11.3 Å². The lowest BCUT2D eigenvalue weighted by molar-refractivity contribution is -0.152. The number of ether oxygens (including phenoxy) is 1. The fourth-order valence-corrected chi connectivity index (χ4v) is 2.77. The molecule has 0 aliphatic carbocycles. The van der Waals surface area contributed by atoms with Crippen LogP contribution in [0.2, 0.25) is 0 Å². The maximum Gasteiger partial charge on any atom is 0.316 e. The number of benzene rings is 1. The second-order valence-corrected chi connectivity index (χ2v) is 5.77. The zero-order valence-electron chi connectivity index (χ0n) is 12.8. The zero-order valence-corrected chi connectivity index (χ0v) is 12.8. The van der Waals surface area contributed by atoms with Crippen LogP contribution in [0, 0.1) is 11.3 Å². The van der Waals surface area contributed by atoms with Crippen molar-refractivity contribution in [3.63, 3.8) is 0 Å². The summed E-state index contributed by atoms with van der Waals surface area (Å²) in [6, 6.07) is 9.67. The molecular formula is C17H21NO3. The van der Waals surface area contributed by atoms with E-state index >= 15 is 0 Å². The van der Waals surface area contributed by atoms with Crippen molar-refractivity contribution in [2.45, 2.75) is 27.3 Å². The second-order valence-electron chi connectivity index (χ2n) is 5.77. The Kier molecular flexibility index (Phi) is 4.16. The summed E-state index contributed by atoms with van der Waals surface area (Å²) in [5.74, 6) is -1.08. The quantitative estimate of drug-likeness (QED) is 0.800. The van der Waals surface area contributed by atoms with Crippen molar-refractivity contribution in [3.8, 4) is 0 Å². The van der Waals surface area contributed by atoms with Gasteiger partial charge in [0.05, 0.1) is 18.6 Å². The van der Waals surface area contributed by atoms with Crippen LogP contribution >= 0.6 is 0 Å². The highest BCUT2D eigenvalue weighted by atomic mass is 16.5. The van der Waals surface area contributed by atoms with Crippen molar-refractivity contribution in [1.29, 1.82) is 0 Å². The maximum atomic E-state index is 12.6. The standard InChI is InChI=1S/C17H21NO3/c1-5-21-15(19)14-12(2)18(16(20)17(14,3)4)11-13-9-7-6-8-10-13/h6-10,14H,2,5,11H2,1,3-4H3. The zero-order chi connectivity index (χ0) is 15.6. The van der Waals surface area contributed by atoms with Crippen molar-refractivity contribution >= 4 is 11.9 Å². The van der Waals surface area contributed by atoms with Gasteiger partial charge in [0.25, 0.3) is 0 Å². The number of nitrogens with zero attached hydrogens (tertiary/aromatic N) is 1. The minimum atomic E-state index is -0.821. The summed E-state index contributed by atoms with van der Waals surface area (Å²) >= 11 is 0. The normalized spacial score (nSPS) is 20.7. The van der Waals surface area contributed by atoms with Gasteiger partial charge in [0.15, 0.2) is 0 Å². The number of hydrogen-bond donors (Lipinski definition) is 0. The van der Waals surface area contributed by atoms with Crippen LogP contribution in [0.5, 0.6) is 0 Å². The Balaban J connectivity index is 2.27. The Labute approximate surface area is 125 Å². The minimum Gasteiger partial charge on any atom is -0.465 e. The van der Waals surface area contributed by atoms with E-state index in [9.17, 15) is 9.59 Å². The summed E-state index contributed by atoms with van der Waals surface area (Å²) in [6.07, 6.45) is 0. The number of esters is 1. The van der Waals surface area contributed by atoms with E-state index in [0.717, 1.165) is 5.56 Å². The van der Waals surface area contributed by atoms with E-state index in [1.807, 2.05) is 30.3 Å². The molecule has 1 atom stereocenters. The first-order chi connectivity index (χ1) is 9.89. The van der Waals surface area contributed by atoms with E-state index in [4.69, 9.17) is 4.74 Å². The first-order valence-corrected chi connectivity index (χ1v) is 7.11. The molecule has 4 nitrogen and oxygen atoms in total. The van der Waals surface area contributed by atoms with E-state index in [1.54, 1.807) is 25.7 Å². The van der Waals surface area contributed by atoms with Gasteiger partial charge in [0, 0.05) is 5.70 Å². The van der Waals surface area contributed by atoms with Crippen LogP contribution in [-0.2, 0) is 20.9 Å². The van der Waals surface area contributed by atoms with Gasteiger partial charge in [0.2, 0.25) is 5.91 Å². The number of amides is 1. The monoisotopic (exact) mass is 287 g/mol. The molecule has 1 aromatic carbocycles. The number of rotatable bonds is 4. The molecule has 1 aromatic rings. The van der Waals surface area contributed by atoms with Crippen LogP contribution in [0.4, 0.5) is 0 Å². The van der Waals surface area contributed by atoms with E-state index in [1.165, 1.54) is 0 Å². The first kappa shape index (κ1) is 15.3. The molecule has 4 heteroatoms. The summed E-state index contributed by atoms with van der Waals surface area (Å²) in [4.78, 5) is 26.4. The number of carbonyl (C=O) groups is 2. The van der Waals surface area contributed by atoms with Crippen LogP contribution in [0.3, 0.4) is 0 Å². The summed E-state index contributed by atoms with van der Waals surface area (Å²) in [7, 11) is 0. The first-order valence-electron chi connectivity index (χ1n) is 7.11. The van der Waals surface area contributed by atoms with E-state index in [2.05, 4.69) is 6.58 Å². The van der Waals surface area contributed by atoms with Crippen molar-refractivity contribution in [2.24, 2.45) is 11.3 Å². The molecule has 0 saturated carbocycles. The Morgan fingerprint density at radius 1 is 1.33 bits per heavy atom. The predicted molar refractivity (Wildman–Crippen MR) is 80.0 cm³/mol. The lowest BCUT2D eigenvalue weighted by Gasteiger charge is -2.21. The number of carbonyl (C=O) groups excluding carboxylic acids is 2. The van der Waals surface area contributed by atoms with E-state index in [-0.39, 0.29) is 11.9 Å². The predicted octanol–water partition coefficient (Wildman–Crippen LogP) is 2.75. The van der Waals surface area contributed by atoms with Gasteiger partial charge >= 0.3 is 5.97 Å². The van der Waals surface area contributed by atoms with Gasteiger partial charge in [-0.2, -0.15) is 0 Å². The Bertz CT molecular complexity index is 563. The van der Waals surface area contributed by atoms with Gasteiger partial charge in [-0.15, -0.1) is 0 Å². The molecular weight excluding hydrogens is 266 g/mol. The molecule has 112 valence electrons. The average molecular weight is 287 g/mol. The molecule has 1 saturated heterocycles. The Morgan fingerprint density at radius 2 is 1.95 bits per heavy atom. The highest BCUT2D eigenvalue weighted by Gasteiger charge is 2.53. The summed E-state index contributed by atoms with van der Waals surface area (Å²) in [5.41, 5.74) is 0.706. The van der Waals surface area contributed by atoms with Crippen LogP contribution in [0.1, 0.15) is 26.3 Å². The third kappa shape index (κ3) is 2.71. The SMILES string of the molecule is C=C1C(C(=O)OCC)C(C)(C)C(=O)N1Cc1ccccc1. The number of hydrogen-bond acceptors (Lipinski definition) is 3. The topological polar surface area (TPSA) is 46.6 Å². The summed E-state index contributed by atoms with van der Waals surface area (Å²) < 4.78 is 5.10. The summed E-state index contributed by atoms with van der Waals surface area (Å²) in [6.45, 7) is 9.99. The molecule has 1 fully saturated rings. The number of likely N-dealkylation sites (tertiary alicyclic amines) is 1. The molecule has 1 aliphatic rings. The highest BCUT2D eigenvalue weighted by molar-refractivity contribution is 5.95. The molecule has 0 N–H and O–H groups in total. The minimum absolute atomic E-state index is 0.0885. The molecule has 1 heterocycles. The van der Waals surface area contributed by atoms with Gasteiger partial charge in [0.1, 0.15) is 5.92 Å². The Hall–Kier alpha value is -2.10. The molecule has 0 bridgehead atoms. The van der Waals surface area contributed by atoms with Crippen LogP contribution in [0.15, 0.2) is 42.6 Å². The van der Waals surface area contributed by atoms with Crippen LogP contribution in [0.25, 0.3) is 0 Å². The largest absolute Gasteiger partial charge is 0.465 e. The van der Waals surface area contributed by atoms with Crippen molar-refractivity contribution in [2.75, 3.05) is 6.61 Å². The second kappa shape index (κ2) is 5.72.